The van der Waals surface area contributed by atoms with E-state index in [1.807, 2.05) is 6.07 Å². The molecular formula is C12H16F2N2. The first kappa shape index (κ1) is 11.5. The molecule has 1 aromatic carbocycles. The maximum Gasteiger partial charge on any atom is 0.251 e. The van der Waals surface area contributed by atoms with Crippen LogP contribution in [0.2, 0.25) is 0 Å². The molecule has 16 heavy (non-hydrogen) atoms. The van der Waals surface area contributed by atoms with Crippen LogP contribution in [0, 0.1) is 0 Å². The smallest absolute Gasteiger partial charge is 0.251 e. The molecule has 2 rings (SSSR count). The minimum absolute atomic E-state index is 0.171. The standard InChI is InChI=1S/C12H16F2N2/c1-16(8-12(13)14)7-9-2-3-10-5-15-6-11(10)4-9/h2-4,12,15H,5-8H2,1H3. The lowest BCUT2D eigenvalue weighted by molar-refractivity contribution is 0.0975. The van der Waals surface area contributed by atoms with Crippen LogP contribution in [0.1, 0.15) is 16.7 Å². The van der Waals surface area contributed by atoms with E-state index in [1.165, 1.54) is 11.1 Å². The Hall–Kier alpha value is -1.00. The Morgan fingerprint density at radius 3 is 2.81 bits per heavy atom. The quantitative estimate of drug-likeness (QED) is 0.844. The van der Waals surface area contributed by atoms with E-state index in [0.29, 0.717) is 6.54 Å². The zero-order valence-electron chi connectivity index (χ0n) is 9.34. The third kappa shape index (κ3) is 2.77. The first-order valence-electron chi connectivity index (χ1n) is 5.43. The van der Waals surface area contributed by atoms with Gasteiger partial charge in [-0.25, -0.2) is 8.78 Å². The lowest BCUT2D eigenvalue weighted by atomic mass is 10.1. The maximum absolute atomic E-state index is 12.2. The molecule has 0 saturated carbocycles. The summed E-state index contributed by atoms with van der Waals surface area (Å²) in [6.07, 6.45) is -2.26. The molecule has 0 radical (unpaired) electrons. The minimum Gasteiger partial charge on any atom is -0.309 e. The van der Waals surface area contributed by atoms with Gasteiger partial charge in [-0.3, -0.25) is 4.90 Å². The highest BCUT2D eigenvalue weighted by Crippen LogP contribution is 2.17. The minimum atomic E-state index is -2.26. The van der Waals surface area contributed by atoms with Crippen LogP contribution in [0.25, 0.3) is 0 Å². The van der Waals surface area contributed by atoms with Gasteiger partial charge in [0.1, 0.15) is 0 Å². The SMILES string of the molecule is CN(Cc1ccc2c(c1)CNC2)CC(F)F. The third-order valence-electron chi connectivity index (χ3n) is 2.80. The molecule has 0 amide bonds. The summed E-state index contributed by atoms with van der Waals surface area (Å²) in [7, 11) is 1.72. The zero-order chi connectivity index (χ0) is 11.5. The van der Waals surface area contributed by atoms with Crippen LogP contribution in [0.15, 0.2) is 18.2 Å². The number of fused-ring (bicyclic) bond motifs is 1. The van der Waals surface area contributed by atoms with Crippen LogP contribution in [-0.2, 0) is 19.6 Å². The molecule has 4 heteroatoms. The van der Waals surface area contributed by atoms with Crippen molar-refractivity contribution < 1.29 is 8.78 Å². The van der Waals surface area contributed by atoms with Crippen molar-refractivity contribution in [3.05, 3.63) is 34.9 Å². The Kier molecular flexibility index (Phi) is 3.51. The van der Waals surface area contributed by atoms with Crippen molar-refractivity contribution in [2.45, 2.75) is 26.1 Å². The number of nitrogens with one attached hydrogen (secondary N) is 1. The topological polar surface area (TPSA) is 15.3 Å². The van der Waals surface area contributed by atoms with Crippen molar-refractivity contribution in [2.75, 3.05) is 13.6 Å². The second kappa shape index (κ2) is 4.89. The number of nitrogens with zero attached hydrogens (tertiary/aromatic N) is 1. The van der Waals surface area contributed by atoms with Gasteiger partial charge in [-0.1, -0.05) is 18.2 Å². The Morgan fingerprint density at radius 2 is 2.06 bits per heavy atom. The second-order valence-electron chi connectivity index (χ2n) is 4.29. The molecule has 0 atom stereocenters. The van der Waals surface area contributed by atoms with Crippen molar-refractivity contribution in [1.29, 1.82) is 0 Å². The summed E-state index contributed by atoms with van der Waals surface area (Å²) in [5.41, 5.74) is 3.72. The highest BCUT2D eigenvalue weighted by atomic mass is 19.3. The summed E-state index contributed by atoms with van der Waals surface area (Å²) in [5.74, 6) is 0. The van der Waals surface area contributed by atoms with Crippen molar-refractivity contribution in [3.8, 4) is 0 Å². The van der Waals surface area contributed by atoms with Crippen LogP contribution < -0.4 is 5.32 Å². The molecule has 0 aromatic heterocycles. The van der Waals surface area contributed by atoms with E-state index in [4.69, 9.17) is 0 Å². The number of benzene rings is 1. The van der Waals surface area contributed by atoms with Gasteiger partial charge in [0.05, 0.1) is 6.54 Å². The van der Waals surface area contributed by atoms with E-state index in [2.05, 4.69) is 17.4 Å². The van der Waals surface area contributed by atoms with Crippen LogP contribution in [0.3, 0.4) is 0 Å². The van der Waals surface area contributed by atoms with Crippen molar-refractivity contribution >= 4 is 0 Å². The van der Waals surface area contributed by atoms with Gasteiger partial charge < -0.3 is 5.32 Å². The summed E-state index contributed by atoms with van der Waals surface area (Å²) in [4.78, 5) is 1.65. The van der Waals surface area contributed by atoms with E-state index in [9.17, 15) is 8.78 Å². The molecule has 0 unspecified atom stereocenters. The Morgan fingerprint density at radius 1 is 1.31 bits per heavy atom. The average molecular weight is 226 g/mol. The molecule has 0 fully saturated rings. The van der Waals surface area contributed by atoms with Crippen molar-refractivity contribution in [1.82, 2.24) is 10.2 Å². The van der Waals surface area contributed by atoms with Gasteiger partial charge in [-0.15, -0.1) is 0 Å². The number of halogens is 2. The molecule has 0 aliphatic carbocycles. The summed E-state index contributed by atoms with van der Waals surface area (Å²) in [5, 5.41) is 3.27. The van der Waals surface area contributed by atoms with Crippen molar-refractivity contribution in [3.63, 3.8) is 0 Å². The van der Waals surface area contributed by atoms with E-state index >= 15 is 0 Å². The van der Waals surface area contributed by atoms with E-state index in [-0.39, 0.29) is 6.54 Å². The van der Waals surface area contributed by atoms with Gasteiger partial charge in [-0.2, -0.15) is 0 Å². The average Bonchev–Trinajstić information content (AvgIpc) is 2.63. The number of hydrogen-bond donors (Lipinski definition) is 1. The molecule has 1 N–H and O–H groups in total. The summed E-state index contributed by atoms with van der Waals surface area (Å²) in [6, 6.07) is 6.21. The third-order valence-corrected chi connectivity index (χ3v) is 2.80. The Balaban J connectivity index is 1.99. The fourth-order valence-electron chi connectivity index (χ4n) is 2.06. The normalized spacial score (nSPS) is 14.8. The van der Waals surface area contributed by atoms with Crippen LogP contribution in [0.5, 0.6) is 0 Å². The molecule has 0 bridgehead atoms. The lowest BCUT2D eigenvalue weighted by Crippen LogP contribution is -2.24. The highest BCUT2D eigenvalue weighted by Gasteiger charge is 2.12. The fraction of sp³-hybridized carbons (Fsp3) is 0.500. The molecule has 1 aliphatic rings. The van der Waals surface area contributed by atoms with Gasteiger partial charge in [0, 0.05) is 19.6 Å². The first-order chi connectivity index (χ1) is 7.65. The summed E-state index contributed by atoms with van der Waals surface area (Å²) >= 11 is 0. The molecule has 0 saturated heterocycles. The zero-order valence-corrected chi connectivity index (χ0v) is 9.34. The fourth-order valence-corrected chi connectivity index (χ4v) is 2.06. The summed E-state index contributed by atoms with van der Waals surface area (Å²) < 4.78 is 24.3. The van der Waals surface area contributed by atoms with Gasteiger partial charge >= 0.3 is 0 Å². The molecule has 1 aromatic rings. The number of rotatable bonds is 4. The van der Waals surface area contributed by atoms with E-state index in [0.717, 1.165) is 18.7 Å². The van der Waals surface area contributed by atoms with E-state index in [1.54, 1.807) is 11.9 Å². The maximum atomic E-state index is 12.2. The Bertz CT molecular complexity index is 366. The molecule has 88 valence electrons. The van der Waals surface area contributed by atoms with Crippen LogP contribution >= 0.6 is 0 Å². The molecule has 0 spiro atoms. The molecular weight excluding hydrogens is 210 g/mol. The van der Waals surface area contributed by atoms with E-state index < -0.39 is 6.43 Å². The lowest BCUT2D eigenvalue weighted by Gasteiger charge is -2.16. The predicted octanol–water partition coefficient (Wildman–Crippen LogP) is 1.99. The van der Waals surface area contributed by atoms with Crippen LogP contribution in [0.4, 0.5) is 8.78 Å². The van der Waals surface area contributed by atoms with Crippen molar-refractivity contribution in [2.24, 2.45) is 0 Å². The largest absolute Gasteiger partial charge is 0.309 e. The van der Waals surface area contributed by atoms with Gasteiger partial charge in [0.2, 0.25) is 0 Å². The Labute approximate surface area is 94.3 Å². The number of alkyl halides is 2. The summed E-state index contributed by atoms with van der Waals surface area (Å²) in [6.45, 7) is 2.22. The van der Waals surface area contributed by atoms with Gasteiger partial charge in [0.15, 0.2) is 0 Å². The van der Waals surface area contributed by atoms with Gasteiger partial charge in [0.25, 0.3) is 6.43 Å². The highest BCUT2D eigenvalue weighted by molar-refractivity contribution is 5.34. The van der Waals surface area contributed by atoms with Crippen LogP contribution in [-0.4, -0.2) is 24.9 Å². The molecule has 1 heterocycles. The second-order valence-corrected chi connectivity index (χ2v) is 4.29. The predicted molar refractivity (Wildman–Crippen MR) is 59.3 cm³/mol. The van der Waals surface area contributed by atoms with Gasteiger partial charge in [-0.05, 0) is 23.7 Å². The number of hydrogen-bond acceptors (Lipinski definition) is 2. The molecule has 2 nitrogen and oxygen atoms in total. The first-order valence-corrected chi connectivity index (χ1v) is 5.43. The molecule has 1 aliphatic heterocycles. The monoisotopic (exact) mass is 226 g/mol.